The van der Waals surface area contributed by atoms with Crippen LogP contribution >= 0.6 is 22.7 Å². The molecule has 4 aromatic rings. The smallest absolute Gasteiger partial charge is 0.269 e. The molecule has 0 aliphatic rings. The minimum atomic E-state index is -0.270. The fraction of sp³-hybridized carbons (Fsp3) is 0.150. The number of benzene rings is 1. The summed E-state index contributed by atoms with van der Waals surface area (Å²) < 4.78 is 5.17. The summed E-state index contributed by atoms with van der Waals surface area (Å²) in [6, 6.07) is 9.58. The highest BCUT2D eigenvalue weighted by atomic mass is 32.1. The molecule has 0 bridgehead atoms. The average Bonchev–Trinajstić information content (AvgIpc) is 3.26. The number of fused-ring (bicyclic) bond motifs is 1. The summed E-state index contributed by atoms with van der Waals surface area (Å²) in [7, 11) is 1.63. The van der Waals surface area contributed by atoms with Crippen LogP contribution in [0, 0.1) is 13.8 Å². The number of hydrogen-bond acceptors (Lipinski definition) is 7. The number of pyridine rings is 1. The van der Waals surface area contributed by atoms with E-state index >= 15 is 0 Å². The van der Waals surface area contributed by atoms with Crippen molar-refractivity contribution < 1.29 is 9.53 Å². The molecule has 0 saturated heterocycles. The number of aromatic nitrogens is 2. The fourth-order valence-corrected chi connectivity index (χ4v) is 4.84. The van der Waals surface area contributed by atoms with E-state index in [1.165, 1.54) is 22.7 Å². The van der Waals surface area contributed by atoms with Crippen LogP contribution in [0.15, 0.2) is 35.7 Å². The molecule has 142 valence electrons. The molecule has 0 unspecified atom stereocenters. The van der Waals surface area contributed by atoms with Crippen LogP contribution in [0.3, 0.4) is 0 Å². The number of methoxy groups -OCH3 is 1. The Bertz CT molecular complexity index is 1180. The fourth-order valence-electron chi connectivity index (χ4n) is 3.02. The van der Waals surface area contributed by atoms with Crippen molar-refractivity contribution in [3.63, 3.8) is 0 Å². The molecule has 28 heavy (non-hydrogen) atoms. The maximum absolute atomic E-state index is 12.8. The van der Waals surface area contributed by atoms with Gasteiger partial charge in [0.2, 0.25) is 0 Å². The van der Waals surface area contributed by atoms with Gasteiger partial charge in [0.25, 0.3) is 5.91 Å². The van der Waals surface area contributed by atoms with E-state index in [1.807, 2.05) is 49.6 Å². The first-order valence-electron chi connectivity index (χ1n) is 8.54. The zero-order valence-corrected chi connectivity index (χ0v) is 17.2. The highest BCUT2D eigenvalue weighted by molar-refractivity contribution is 7.21. The lowest BCUT2D eigenvalue weighted by atomic mass is 10.1. The van der Waals surface area contributed by atoms with E-state index in [1.54, 1.807) is 7.11 Å². The number of nitrogens with zero attached hydrogens (tertiary/aromatic N) is 2. The van der Waals surface area contributed by atoms with Gasteiger partial charge in [-0.15, -0.1) is 22.7 Å². The molecule has 3 heterocycles. The molecule has 0 saturated carbocycles. The van der Waals surface area contributed by atoms with Gasteiger partial charge in [-0.1, -0.05) is 0 Å². The Morgan fingerprint density at radius 1 is 1.18 bits per heavy atom. The van der Waals surface area contributed by atoms with Gasteiger partial charge < -0.3 is 10.5 Å². The molecule has 3 aromatic heterocycles. The Morgan fingerprint density at radius 3 is 2.64 bits per heavy atom. The molecule has 0 aliphatic carbocycles. The summed E-state index contributed by atoms with van der Waals surface area (Å²) in [5.41, 5.74) is 10.4. The average molecular weight is 411 g/mol. The van der Waals surface area contributed by atoms with Crippen molar-refractivity contribution in [3.05, 3.63) is 51.8 Å². The highest BCUT2D eigenvalue weighted by Crippen LogP contribution is 2.36. The van der Waals surface area contributed by atoms with Crippen molar-refractivity contribution in [2.45, 2.75) is 13.8 Å². The third-order valence-corrected chi connectivity index (χ3v) is 6.20. The number of carbonyl (C=O) groups excluding carboxylic acids is 1. The van der Waals surface area contributed by atoms with Crippen LogP contribution in [0.4, 0.5) is 10.8 Å². The van der Waals surface area contributed by atoms with Gasteiger partial charge in [-0.3, -0.25) is 10.1 Å². The van der Waals surface area contributed by atoms with Gasteiger partial charge in [0.05, 0.1) is 18.5 Å². The van der Waals surface area contributed by atoms with Crippen molar-refractivity contribution in [2.75, 3.05) is 18.2 Å². The number of nitrogens with one attached hydrogen (secondary N) is 1. The Kier molecular flexibility index (Phi) is 4.74. The van der Waals surface area contributed by atoms with Crippen LogP contribution in [0.25, 0.3) is 21.5 Å². The topological polar surface area (TPSA) is 90.1 Å². The number of thiazole rings is 1. The lowest BCUT2D eigenvalue weighted by Gasteiger charge is -2.02. The van der Waals surface area contributed by atoms with E-state index in [2.05, 4.69) is 15.3 Å². The quantitative estimate of drug-likeness (QED) is 0.500. The Balaban J connectivity index is 1.59. The van der Waals surface area contributed by atoms with Crippen LogP contribution in [-0.2, 0) is 0 Å². The van der Waals surface area contributed by atoms with Crippen LogP contribution in [0.1, 0.15) is 20.9 Å². The molecule has 1 aromatic carbocycles. The van der Waals surface area contributed by atoms with E-state index < -0.39 is 0 Å². The lowest BCUT2D eigenvalue weighted by Crippen LogP contribution is -2.11. The number of thiophene rings is 1. The number of nitrogens with two attached hydrogens (primary N) is 1. The normalized spacial score (nSPS) is 11.0. The van der Waals surface area contributed by atoms with Crippen molar-refractivity contribution in [2.24, 2.45) is 0 Å². The first-order chi connectivity index (χ1) is 13.5. The van der Waals surface area contributed by atoms with Crippen molar-refractivity contribution in [1.82, 2.24) is 9.97 Å². The van der Waals surface area contributed by atoms with Crippen LogP contribution in [-0.4, -0.2) is 23.0 Å². The SMILES string of the molecule is COc1ccc(-c2csc(NC(=O)c3sc4nc(C)cc(C)c4c3N)n2)cc1. The molecule has 0 radical (unpaired) electrons. The van der Waals surface area contributed by atoms with Crippen LogP contribution < -0.4 is 15.8 Å². The summed E-state index contributed by atoms with van der Waals surface area (Å²) >= 11 is 2.67. The predicted molar refractivity (Wildman–Crippen MR) is 116 cm³/mol. The van der Waals surface area contributed by atoms with Gasteiger partial charge >= 0.3 is 0 Å². The number of anilines is 2. The van der Waals surface area contributed by atoms with Crippen molar-refractivity contribution in [3.8, 4) is 17.0 Å². The summed E-state index contributed by atoms with van der Waals surface area (Å²) in [5, 5.41) is 6.12. The Hall–Kier alpha value is -2.97. The molecule has 1 amide bonds. The predicted octanol–water partition coefficient (Wildman–Crippen LogP) is 4.88. The third kappa shape index (κ3) is 3.32. The molecule has 4 rings (SSSR count). The van der Waals surface area contributed by atoms with Crippen LogP contribution in [0.5, 0.6) is 5.75 Å². The van der Waals surface area contributed by atoms with E-state index in [0.29, 0.717) is 15.7 Å². The van der Waals surface area contributed by atoms with E-state index in [4.69, 9.17) is 10.5 Å². The number of aryl methyl sites for hydroxylation is 2. The van der Waals surface area contributed by atoms with Crippen molar-refractivity contribution in [1.29, 1.82) is 0 Å². The summed E-state index contributed by atoms with van der Waals surface area (Å²) in [5.74, 6) is 0.514. The number of carbonyl (C=O) groups is 1. The maximum atomic E-state index is 12.8. The molecule has 6 nitrogen and oxygen atoms in total. The number of amides is 1. The second-order valence-electron chi connectivity index (χ2n) is 6.33. The second kappa shape index (κ2) is 7.21. The number of hydrogen-bond donors (Lipinski definition) is 2. The zero-order valence-electron chi connectivity index (χ0n) is 15.6. The molecular formula is C20H18N4O2S2. The van der Waals surface area contributed by atoms with E-state index in [0.717, 1.165) is 38.5 Å². The zero-order chi connectivity index (χ0) is 19.8. The monoisotopic (exact) mass is 410 g/mol. The van der Waals surface area contributed by atoms with Gasteiger partial charge in [0.1, 0.15) is 15.5 Å². The molecule has 0 aliphatic heterocycles. The first-order valence-corrected chi connectivity index (χ1v) is 10.2. The first kappa shape index (κ1) is 18.4. The minimum Gasteiger partial charge on any atom is -0.497 e. The Morgan fingerprint density at radius 2 is 1.93 bits per heavy atom. The summed E-state index contributed by atoms with van der Waals surface area (Å²) in [4.78, 5) is 23.0. The molecular weight excluding hydrogens is 392 g/mol. The number of nitrogen functional groups attached to an aromatic ring is 1. The number of ether oxygens (including phenoxy) is 1. The summed E-state index contributed by atoms with van der Waals surface area (Å²) in [6.45, 7) is 3.90. The van der Waals surface area contributed by atoms with Crippen molar-refractivity contribution >= 4 is 49.6 Å². The second-order valence-corrected chi connectivity index (χ2v) is 8.18. The van der Waals surface area contributed by atoms with E-state index in [9.17, 15) is 4.79 Å². The van der Waals surface area contributed by atoms with Crippen LogP contribution in [0.2, 0.25) is 0 Å². The Labute approximate surface area is 170 Å². The summed E-state index contributed by atoms with van der Waals surface area (Å²) in [6.07, 6.45) is 0. The largest absolute Gasteiger partial charge is 0.497 e. The minimum absolute atomic E-state index is 0.270. The molecule has 3 N–H and O–H groups in total. The van der Waals surface area contributed by atoms with Gasteiger partial charge in [0.15, 0.2) is 5.13 Å². The third-order valence-electron chi connectivity index (χ3n) is 4.34. The van der Waals surface area contributed by atoms with Gasteiger partial charge in [-0.05, 0) is 49.7 Å². The molecule has 0 spiro atoms. The standard InChI is InChI=1S/C20H18N4O2S2/c1-10-8-11(2)22-19-15(10)16(21)17(28-19)18(25)24-20-23-14(9-27-20)12-4-6-13(26-3)7-5-12/h4-9H,21H2,1-3H3,(H,23,24,25). The van der Waals surface area contributed by atoms with Gasteiger partial charge in [-0.2, -0.15) is 0 Å². The highest BCUT2D eigenvalue weighted by Gasteiger charge is 2.20. The number of rotatable bonds is 4. The molecule has 0 fully saturated rings. The van der Waals surface area contributed by atoms with Gasteiger partial charge in [-0.25, -0.2) is 9.97 Å². The van der Waals surface area contributed by atoms with Gasteiger partial charge in [0, 0.05) is 22.0 Å². The maximum Gasteiger partial charge on any atom is 0.269 e. The van der Waals surface area contributed by atoms with E-state index in [-0.39, 0.29) is 5.91 Å². The molecule has 0 atom stereocenters. The molecule has 8 heteroatoms. The lowest BCUT2D eigenvalue weighted by molar-refractivity contribution is 0.103.